The summed E-state index contributed by atoms with van der Waals surface area (Å²) in [5, 5.41) is 2.87. The highest BCUT2D eigenvalue weighted by Gasteiger charge is 2.12. The molecule has 1 aromatic carbocycles. The van der Waals surface area contributed by atoms with Crippen molar-refractivity contribution in [2.75, 3.05) is 18.5 Å². The number of para-hydroxylation sites is 1. The first kappa shape index (κ1) is 13.7. The van der Waals surface area contributed by atoms with Crippen molar-refractivity contribution in [1.82, 2.24) is 0 Å². The van der Waals surface area contributed by atoms with Crippen molar-refractivity contribution < 1.29 is 9.53 Å². The van der Waals surface area contributed by atoms with E-state index in [9.17, 15) is 4.79 Å². The van der Waals surface area contributed by atoms with E-state index in [4.69, 9.17) is 10.5 Å². The first-order valence-corrected chi connectivity index (χ1v) is 5.85. The Morgan fingerprint density at radius 2 is 2.18 bits per heavy atom. The molecular weight excluding hydrogens is 216 g/mol. The summed E-state index contributed by atoms with van der Waals surface area (Å²) in [5.74, 6) is -0.244. The van der Waals surface area contributed by atoms with E-state index in [0.29, 0.717) is 19.8 Å². The first-order valence-electron chi connectivity index (χ1n) is 5.85. The molecule has 3 N–H and O–H groups in total. The van der Waals surface area contributed by atoms with Crippen molar-refractivity contribution in [3.05, 3.63) is 29.8 Å². The fourth-order valence-electron chi connectivity index (χ4n) is 1.34. The summed E-state index contributed by atoms with van der Waals surface area (Å²) in [6.07, 6.45) is 0. The minimum absolute atomic E-state index is 0.0588. The molecule has 0 aliphatic carbocycles. The predicted molar refractivity (Wildman–Crippen MR) is 68.6 cm³/mol. The van der Waals surface area contributed by atoms with E-state index in [1.54, 1.807) is 6.92 Å². The molecule has 0 saturated heterocycles. The largest absolute Gasteiger partial charge is 0.377 e. The summed E-state index contributed by atoms with van der Waals surface area (Å²) >= 11 is 0. The van der Waals surface area contributed by atoms with Crippen LogP contribution in [0.15, 0.2) is 24.3 Å². The lowest BCUT2D eigenvalue weighted by Gasteiger charge is -2.13. The molecule has 0 heterocycles. The van der Waals surface area contributed by atoms with E-state index in [2.05, 4.69) is 5.32 Å². The quantitative estimate of drug-likeness (QED) is 0.791. The zero-order valence-electron chi connectivity index (χ0n) is 10.4. The van der Waals surface area contributed by atoms with Crippen LogP contribution in [0.2, 0.25) is 0 Å². The number of nitrogens with one attached hydrogen (secondary N) is 1. The Labute approximate surface area is 102 Å². The minimum atomic E-state index is -0.185. The summed E-state index contributed by atoms with van der Waals surface area (Å²) < 4.78 is 5.35. The first-order chi connectivity index (χ1) is 8.19. The third-order valence-electron chi connectivity index (χ3n) is 2.54. The molecule has 0 aliphatic rings. The van der Waals surface area contributed by atoms with Gasteiger partial charge in [0.15, 0.2) is 0 Å². The highest BCUT2D eigenvalue weighted by molar-refractivity contribution is 5.93. The molecule has 4 nitrogen and oxygen atoms in total. The number of rotatable bonds is 6. The van der Waals surface area contributed by atoms with Gasteiger partial charge in [-0.15, -0.1) is 0 Å². The van der Waals surface area contributed by atoms with Crippen LogP contribution in [-0.2, 0) is 16.1 Å². The van der Waals surface area contributed by atoms with E-state index in [1.165, 1.54) is 0 Å². The lowest BCUT2D eigenvalue weighted by atomic mass is 10.1. The van der Waals surface area contributed by atoms with Crippen LogP contribution in [0.5, 0.6) is 0 Å². The minimum Gasteiger partial charge on any atom is -0.377 e. The van der Waals surface area contributed by atoms with Crippen LogP contribution in [0.4, 0.5) is 5.69 Å². The van der Waals surface area contributed by atoms with E-state index in [-0.39, 0.29) is 11.8 Å². The maximum Gasteiger partial charge on any atom is 0.228 e. The number of ether oxygens (including phenoxy) is 1. The molecule has 1 atom stereocenters. The summed E-state index contributed by atoms with van der Waals surface area (Å²) in [6.45, 7) is 5.25. The van der Waals surface area contributed by atoms with E-state index in [0.717, 1.165) is 11.3 Å². The predicted octanol–water partition coefficient (Wildman–Crippen LogP) is 1.76. The number of carbonyl (C=O) groups excluding carboxylic acids is 1. The molecule has 0 aliphatic heterocycles. The van der Waals surface area contributed by atoms with Gasteiger partial charge in [0.05, 0.1) is 6.61 Å². The Kier molecular flexibility index (Phi) is 5.66. The van der Waals surface area contributed by atoms with E-state index in [1.807, 2.05) is 31.2 Å². The molecule has 0 fully saturated rings. The van der Waals surface area contributed by atoms with Crippen molar-refractivity contribution in [3.63, 3.8) is 0 Å². The molecule has 1 unspecified atom stereocenters. The Morgan fingerprint density at radius 1 is 1.47 bits per heavy atom. The fourth-order valence-corrected chi connectivity index (χ4v) is 1.34. The van der Waals surface area contributed by atoms with Crippen molar-refractivity contribution in [3.8, 4) is 0 Å². The number of hydrogen-bond acceptors (Lipinski definition) is 3. The van der Waals surface area contributed by atoms with Crippen LogP contribution in [0.1, 0.15) is 19.4 Å². The zero-order chi connectivity index (χ0) is 12.7. The van der Waals surface area contributed by atoms with Crippen LogP contribution < -0.4 is 11.1 Å². The van der Waals surface area contributed by atoms with Crippen molar-refractivity contribution in [2.45, 2.75) is 20.5 Å². The van der Waals surface area contributed by atoms with Crippen LogP contribution in [0.3, 0.4) is 0 Å². The number of benzene rings is 1. The van der Waals surface area contributed by atoms with Gasteiger partial charge in [0.1, 0.15) is 0 Å². The molecule has 0 saturated carbocycles. The van der Waals surface area contributed by atoms with Gasteiger partial charge in [-0.2, -0.15) is 0 Å². The molecule has 1 rings (SSSR count). The maximum absolute atomic E-state index is 11.7. The van der Waals surface area contributed by atoms with E-state index >= 15 is 0 Å². The van der Waals surface area contributed by atoms with Gasteiger partial charge in [-0.3, -0.25) is 4.79 Å². The monoisotopic (exact) mass is 236 g/mol. The molecule has 0 aromatic heterocycles. The molecule has 0 spiro atoms. The average Bonchev–Trinajstić information content (AvgIpc) is 2.36. The lowest BCUT2D eigenvalue weighted by molar-refractivity contribution is -0.119. The topological polar surface area (TPSA) is 64.3 Å². The highest BCUT2D eigenvalue weighted by Crippen LogP contribution is 2.16. The normalized spacial score (nSPS) is 12.2. The third-order valence-corrected chi connectivity index (χ3v) is 2.54. The molecule has 0 bridgehead atoms. The molecule has 1 amide bonds. The maximum atomic E-state index is 11.7. The van der Waals surface area contributed by atoms with Crippen LogP contribution in [0, 0.1) is 5.92 Å². The summed E-state index contributed by atoms with van der Waals surface area (Å²) in [5.41, 5.74) is 7.24. The van der Waals surface area contributed by atoms with Gasteiger partial charge in [0.2, 0.25) is 5.91 Å². The van der Waals surface area contributed by atoms with Gasteiger partial charge in [-0.05, 0) is 13.0 Å². The summed E-state index contributed by atoms with van der Waals surface area (Å²) in [4.78, 5) is 11.7. The number of anilines is 1. The Hall–Kier alpha value is -1.39. The molecule has 1 aromatic rings. The molecule has 0 radical (unpaired) electrons. The Morgan fingerprint density at radius 3 is 2.82 bits per heavy atom. The number of hydrogen-bond donors (Lipinski definition) is 2. The molecular formula is C13H20N2O2. The highest BCUT2D eigenvalue weighted by atomic mass is 16.5. The number of amides is 1. The summed E-state index contributed by atoms with van der Waals surface area (Å²) in [7, 11) is 0. The second kappa shape index (κ2) is 7.04. The molecule has 94 valence electrons. The van der Waals surface area contributed by atoms with Crippen molar-refractivity contribution >= 4 is 11.6 Å². The second-order valence-electron chi connectivity index (χ2n) is 3.92. The van der Waals surface area contributed by atoms with E-state index < -0.39 is 0 Å². The second-order valence-corrected chi connectivity index (χ2v) is 3.92. The van der Waals surface area contributed by atoms with Gasteiger partial charge in [-0.25, -0.2) is 0 Å². The Bertz CT molecular complexity index is 366. The standard InChI is InChI=1S/C13H20N2O2/c1-3-17-9-11-6-4-5-7-12(11)15-13(16)10(2)8-14/h4-7,10H,3,8-9,14H2,1-2H3,(H,15,16). The van der Waals surface area contributed by atoms with Crippen LogP contribution in [0.25, 0.3) is 0 Å². The number of carbonyl (C=O) groups is 1. The van der Waals surface area contributed by atoms with Crippen molar-refractivity contribution in [1.29, 1.82) is 0 Å². The smallest absolute Gasteiger partial charge is 0.228 e. The lowest BCUT2D eigenvalue weighted by Crippen LogP contribution is -2.27. The summed E-state index contributed by atoms with van der Waals surface area (Å²) in [6, 6.07) is 7.63. The van der Waals surface area contributed by atoms with Crippen LogP contribution >= 0.6 is 0 Å². The number of nitrogens with two attached hydrogens (primary N) is 1. The van der Waals surface area contributed by atoms with Gasteiger partial charge in [0, 0.05) is 30.3 Å². The van der Waals surface area contributed by atoms with Gasteiger partial charge in [0.25, 0.3) is 0 Å². The zero-order valence-corrected chi connectivity index (χ0v) is 10.4. The van der Waals surface area contributed by atoms with Crippen LogP contribution in [-0.4, -0.2) is 19.1 Å². The third kappa shape index (κ3) is 4.17. The Balaban J connectivity index is 2.72. The molecule has 4 heteroatoms. The molecule has 17 heavy (non-hydrogen) atoms. The van der Waals surface area contributed by atoms with Gasteiger partial charge in [-0.1, -0.05) is 25.1 Å². The fraction of sp³-hybridized carbons (Fsp3) is 0.462. The SMILES string of the molecule is CCOCc1ccccc1NC(=O)C(C)CN. The average molecular weight is 236 g/mol. The van der Waals surface area contributed by atoms with Crippen molar-refractivity contribution in [2.24, 2.45) is 11.7 Å². The van der Waals surface area contributed by atoms with Gasteiger partial charge >= 0.3 is 0 Å². The van der Waals surface area contributed by atoms with Gasteiger partial charge < -0.3 is 15.8 Å².